The fraction of sp³-hybridized carbons (Fsp3) is 0.500. The molecule has 1 saturated heterocycles. The smallest absolute Gasteiger partial charge is 0.351 e. The molecule has 0 N–H and O–H groups in total. The number of likely N-dealkylation sites (tertiary alicyclic amines) is 1. The summed E-state index contributed by atoms with van der Waals surface area (Å²) in [6, 6.07) is 3.72. The summed E-state index contributed by atoms with van der Waals surface area (Å²) in [5.74, 6) is -0.384. The maximum Gasteiger partial charge on any atom is 0.433 e. The van der Waals surface area contributed by atoms with Gasteiger partial charge >= 0.3 is 6.18 Å². The van der Waals surface area contributed by atoms with Gasteiger partial charge in [-0.15, -0.1) is 0 Å². The maximum atomic E-state index is 13.6. The Morgan fingerprint density at radius 1 is 1.30 bits per heavy atom. The number of carbonyl (C=O) groups is 1. The molecule has 1 aliphatic rings. The average molecular weight is 421 g/mol. The van der Waals surface area contributed by atoms with E-state index in [4.69, 9.17) is 4.52 Å². The number of nitrogens with zero attached hydrogens (tertiary/aromatic N) is 5. The number of carbonyl (C=O) groups excluding carboxylic acids is 1. The molecule has 0 aromatic carbocycles. The van der Waals surface area contributed by atoms with Crippen molar-refractivity contribution in [3.05, 3.63) is 46.7 Å². The predicted octanol–water partition coefficient (Wildman–Crippen LogP) is 4.40. The predicted molar refractivity (Wildman–Crippen MR) is 101 cm³/mol. The van der Waals surface area contributed by atoms with Crippen molar-refractivity contribution in [3.8, 4) is 0 Å². The van der Waals surface area contributed by atoms with E-state index in [1.807, 2.05) is 6.92 Å². The fourth-order valence-electron chi connectivity index (χ4n) is 3.71. The Hall–Kier alpha value is -2.91. The molecule has 3 aromatic heterocycles. The molecule has 0 radical (unpaired) electrons. The van der Waals surface area contributed by atoms with Crippen LogP contribution in [0.4, 0.5) is 13.2 Å². The lowest BCUT2D eigenvalue weighted by Gasteiger charge is -2.21. The molecule has 0 saturated carbocycles. The summed E-state index contributed by atoms with van der Waals surface area (Å²) in [6.07, 6.45) is -2.62. The lowest BCUT2D eigenvalue weighted by atomic mass is 10.1. The van der Waals surface area contributed by atoms with E-state index < -0.39 is 17.9 Å². The van der Waals surface area contributed by atoms with E-state index in [-0.39, 0.29) is 23.2 Å². The topological polar surface area (TPSA) is 76.5 Å². The lowest BCUT2D eigenvalue weighted by Crippen LogP contribution is -2.30. The third kappa shape index (κ3) is 3.54. The Balaban J connectivity index is 1.74. The van der Waals surface area contributed by atoms with Crippen LogP contribution in [0.25, 0.3) is 5.65 Å². The minimum atomic E-state index is -4.57. The van der Waals surface area contributed by atoms with E-state index in [1.54, 1.807) is 24.8 Å². The monoisotopic (exact) mass is 421 g/mol. The van der Waals surface area contributed by atoms with E-state index in [0.29, 0.717) is 36.5 Å². The van der Waals surface area contributed by atoms with Crippen molar-refractivity contribution in [3.63, 3.8) is 0 Å². The Morgan fingerprint density at radius 3 is 2.70 bits per heavy atom. The number of alkyl halides is 3. The zero-order valence-electron chi connectivity index (χ0n) is 16.9. The summed E-state index contributed by atoms with van der Waals surface area (Å²) in [6.45, 7) is 5.94. The standard InChI is InChI=1S/C20H22F3N5O2/c1-4-12-8-16(30-26-12)19(29)27-7-5-6-15(27)14-10-18-24-13(11(2)3)9-17(20(21,22)23)28(18)25-14/h8-11,15H,4-7H2,1-3H3/t15-/m1/s1. The highest BCUT2D eigenvalue weighted by atomic mass is 19.4. The van der Waals surface area contributed by atoms with Crippen molar-refractivity contribution in [1.82, 2.24) is 24.7 Å². The first-order valence-corrected chi connectivity index (χ1v) is 9.93. The second-order valence-electron chi connectivity index (χ2n) is 7.75. The van der Waals surface area contributed by atoms with Crippen LogP contribution in [0.3, 0.4) is 0 Å². The van der Waals surface area contributed by atoms with Crippen molar-refractivity contribution in [2.75, 3.05) is 6.54 Å². The minimum absolute atomic E-state index is 0.121. The van der Waals surface area contributed by atoms with Crippen LogP contribution in [-0.2, 0) is 12.6 Å². The number of amides is 1. The first-order valence-electron chi connectivity index (χ1n) is 9.93. The highest BCUT2D eigenvalue weighted by Gasteiger charge is 2.38. The summed E-state index contributed by atoms with van der Waals surface area (Å²) in [4.78, 5) is 18.8. The molecular weight excluding hydrogens is 399 g/mol. The molecule has 0 spiro atoms. The Morgan fingerprint density at radius 2 is 2.07 bits per heavy atom. The number of hydrogen-bond donors (Lipinski definition) is 0. The molecule has 4 rings (SSSR count). The third-order valence-corrected chi connectivity index (χ3v) is 5.33. The Labute approximate surface area is 170 Å². The van der Waals surface area contributed by atoms with Gasteiger partial charge in [0.2, 0.25) is 5.76 Å². The van der Waals surface area contributed by atoms with E-state index in [1.165, 1.54) is 6.07 Å². The van der Waals surface area contributed by atoms with Gasteiger partial charge in [0.1, 0.15) is 5.69 Å². The van der Waals surface area contributed by atoms with E-state index in [0.717, 1.165) is 17.0 Å². The van der Waals surface area contributed by atoms with Crippen LogP contribution in [0.15, 0.2) is 22.7 Å². The van der Waals surface area contributed by atoms with Gasteiger partial charge in [-0.05, 0) is 31.2 Å². The normalized spacial score (nSPS) is 17.4. The van der Waals surface area contributed by atoms with Gasteiger partial charge in [0.15, 0.2) is 5.65 Å². The highest BCUT2D eigenvalue weighted by Crippen LogP contribution is 2.35. The summed E-state index contributed by atoms with van der Waals surface area (Å²) < 4.78 is 46.9. The summed E-state index contributed by atoms with van der Waals surface area (Å²) in [5.41, 5.74) is 0.642. The molecule has 0 unspecified atom stereocenters. The Kier molecular flexibility index (Phi) is 5.03. The second-order valence-corrected chi connectivity index (χ2v) is 7.75. The summed E-state index contributed by atoms with van der Waals surface area (Å²) >= 11 is 0. The van der Waals surface area contributed by atoms with E-state index >= 15 is 0 Å². The van der Waals surface area contributed by atoms with Gasteiger partial charge in [0, 0.05) is 24.4 Å². The zero-order valence-corrected chi connectivity index (χ0v) is 16.9. The molecule has 3 aromatic rings. The van der Waals surface area contributed by atoms with E-state index in [9.17, 15) is 18.0 Å². The number of fused-ring (bicyclic) bond motifs is 1. The lowest BCUT2D eigenvalue weighted by molar-refractivity contribution is -0.142. The first-order chi connectivity index (χ1) is 14.2. The molecule has 1 atom stereocenters. The average Bonchev–Trinajstić information content (AvgIpc) is 3.43. The van der Waals surface area contributed by atoms with Gasteiger partial charge in [-0.3, -0.25) is 4.79 Å². The molecule has 1 amide bonds. The molecule has 7 nitrogen and oxygen atoms in total. The van der Waals surface area contributed by atoms with Gasteiger partial charge in [0.05, 0.1) is 17.4 Å². The van der Waals surface area contributed by atoms with Crippen molar-refractivity contribution >= 4 is 11.6 Å². The SMILES string of the molecule is CCc1cc(C(=O)N2CCC[C@@H]2c2cc3nc(C(C)C)cc(C(F)(F)F)n3n2)on1. The van der Waals surface area contributed by atoms with Crippen LogP contribution in [0.2, 0.25) is 0 Å². The number of hydrogen-bond acceptors (Lipinski definition) is 5. The number of aromatic nitrogens is 4. The van der Waals surface area contributed by atoms with Gasteiger partial charge in [-0.2, -0.15) is 18.3 Å². The molecule has 10 heteroatoms. The number of halogens is 3. The van der Waals surface area contributed by atoms with Crippen molar-refractivity contribution in [1.29, 1.82) is 0 Å². The summed E-state index contributed by atoms with van der Waals surface area (Å²) in [5, 5.41) is 8.05. The van der Waals surface area contributed by atoms with Crippen LogP contribution < -0.4 is 0 Å². The zero-order chi connectivity index (χ0) is 21.6. The van der Waals surface area contributed by atoms with Crippen LogP contribution in [-0.4, -0.2) is 37.1 Å². The molecule has 1 aliphatic heterocycles. The van der Waals surface area contributed by atoms with Gasteiger partial charge in [-0.1, -0.05) is 25.9 Å². The van der Waals surface area contributed by atoms with Gasteiger partial charge in [-0.25, -0.2) is 9.50 Å². The maximum absolute atomic E-state index is 13.6. The van der Waals surface area contributed by atoms with Crippen LogP contribution in [0.1, 0.15) is 78.9 Å². The van der Waals surface area contributed by atoms with E-state index in [2.05, 4.69) is 15.2 Å². The van der Waals surface area contributed by atoms with Crippen molar-refractivity contribution < 1.29 is 22.5 Å². The first kappa shape index (κ1) is 20.4. The van der Waals surface area contributed by atoms with Crippen molar-refractivity contribution in [2.45, 2.75) is 58.2 Å². The largest absolute Gasteiger partial charge is 0.433 e. The highest BCUT2D eigenvalue weighted by molar-refractivity contribution is 5.92. The minimum Gasteiger partial charge on any atom is -0.351 e. The van der Waals surface area contributed by atoms with Crippen LogP contribution in [0, 0.1) is 0 Å². The molecule has 4 heterocycles. The molecule has 160 valence electrons. The molecule has 0 bridgehead atoms. The second kappa shape index (κ2) is 7.41. The fourth-order valence-corrected chi connectivity index (χ4v) is 3.71. The van der Waals surface area contributed by atoms with Crippen LogP contribution >= 0.6 is 0 Å². The summed E-state index contributed by atoms with van der Waals surface area (Å²) in [7, 11) is 0. The molecule has 1 fully saturated rings. The quantitative estimate of drug-likeness (QED) is 0.624. The Bertz CT molecular complexity index is 1090. The molecular formula is C20H22F3N5O2. The molecule has 30 heavy (non-hydrogen) atoms. The number of aryl methyl sites for hydroxylation is 1. The van der Waals surface area contributed by atoms with Crippen molar-refractivity contribution in [2.24, 2.45) is 0 Å². The van der Waals surface area contributed by atoms with Gasteiger partial charge < -0.3 is 9.42 Å². The number of rotatable bonds is 4. The van der Waals surface area contributed by atoms with Gasteiger partial charge in [0.25, 0.3) is 5.91 Å². The van der Waals surface area contributed by atoms with Crippen LogP contribution in [0.5, 0.6) is 0 Å². The third-order valence-electron chi connectivity index (χ3n) is 5.33. The molecule has 0 aliphatic carbocycles.